The maximum Gasteiger partial charge on any atom is 0.0546 e. The molecule has 1 rings (SSSR count). The van der Waals surface area contributed by atoms with Gasteiger partial charge in [0, 0.05) is 21.2 Å². The summed E-state index contributed by atoms with van der Waals surface area (Å²) in [5.74, 6) is 0. The van der Waals surface area contributed by atoms with Crippen LogP contribution in [0.2, 0.25) is 0 Å². The number of nitrogens with one attached hydrogen (secondary N) is 1. The molecular formula is C7H12NOP. The van der Waals surface area contributed by atoms with Crippen LogP contribution in [0.1, 0.15) is 5.56 Å². The van der Waals surface area contributed by atoms with Gasteiger partial charge in [0.15, 0.2) is 0 Å². The van der Waals surface area contributed by atoms with E-state index < -0.39 is 0 Å². The molecule has 0 amide bonds. The van der Waals surface area contributed by atoms with E-state index in [9.17, 15) is 0 Å². The van der Waals surface area contributed by atoms with Crippen LogP contribution < -0.4 is 0 Å². The van der Waals surface area contributed by atoms with Gasteiger partial charge < -0.3 is 9.51 Å². The summed E-state index contributed by atoms with van der Waals surface area (Å²) in [4.78, 5) is 3.00. The Kier molecular flexibility index (Phi) is 3.48. The van der Waals surface area contributed by atoms with Crippen LogP contribution in [-0.2, 0) is 10.9 Å². The molecule has 0 radical (unpaired) electrons. The molecule has 0 aliphatic carbocycles. The summed E-state index contributed by atoms with van der Waals surface area (Å²) >= 11 is 0. The van der Waals surface area contributed by atoms with E-state index in [-0.39, 0.29) is 0 Å². The zero-order valence-corrected chi connectivity index (χ0v) is 7.05. The quantitative estimate of drug-likeness (QED) is 0.523. The summed E-state index contributed by atoms with van der Waals surface area (Å²) in [7, 11) is 0.609. The zero-order valence-electron chi connectivity index (χ0n) is 6.05. The van der Waals surface area contributed by atoms with Gasteiger partial charge in [-0.1, -0.05) is 0 Å². The standard InChI is InChI=1S/C7H12NOP/c1-10-9-5-3-7-2-4-8-6-7/h2,4,6,8,10H,3,5H2,1H3. The molecule has 0 saturated heterocycles. The highest BCUT2D eigenvalue weighted by molar-refractivity contribution is 7.31. The maximum atomic E-state index is 5.22. The Labute approximate surface area is 62.9 Å². The van der Waals surface area contributed by atoms with Crippen LogP contribution in [0, 0.1) is 0 Å². The Bertz CT molecular complexity index is 162. The Morgan fingerprint density at radius 1 is 1.70 bits per heavy atom. The molecule has 1 N–H and O–H groups in total. The molecule has 1 aromatic rings. The molecule has 1 heterocycles. The first-order valence-electron chi connectivity index (χ1n) is 3.33. The number of aromatic amines is 1. The molecule has 0 aromatic carbocycles. The monoisotopic (exact) mass is 157 g/mol. The molecule has 1 aromatic heterocycles. The van der Waals surface area contributed by atoms with Crippen molar-refractivity contribution in [2.75, 3.05) is 13.3 Å². The lowest BCUT2D eigenvalue weighted by Gasteiger charge is -1.96. The third kappa shape index (κ3) is 2.51. The number of H-pyrrole nitrogens is 1. The minimum absolute atomic E-state index is 0.609. The van der Waals surface area contributed by atoms with Crippen molar-refractivity contribution in [1.82, 2.24) is 4.98 Å². The van der Waals surface area contributed by atoms with Gasteiger partial charge in [-0.05, 0) is 24.7 Å². The lowest BCUT2D eigenvalue weighted by atomic mass is 10.3. The molecular weight excluding hydrogens is 145 g/mol. The van der Waals surface area contributed by atoms with E-state index in [2.05, 4.69) is 11.1 Å². The smallest absolute Gasteiger partial charge is 0.0546 e. The van der Waals surface area contributed by atoms with E-state index in [4.69, 9.17) is 4.52 Å². The highest BCUT2D eigenvalue weighted by Gasteiger charge is 1.90. The van der Waals surface area contributed by atoms with Crippen molar-refractivity contribution in [2.24, 2.45) is 0 Å². The molecule has 0 spiro atoms. The van der Waals surface area contributed by atoms with Crippen molar-refractivity contribution < 1.29 is 4.52 Å². The Morgan fingerprint density at radius 2 is 2.60 bits per heavy atom. The summed E-state index contributed by atoms with van der Waals surface area (Å²) in [5.41, 5.74) is 1.32. The van der Waals surface area contributed by atoms with E-state index >= 15 is 0 Å². The third-order valence-electron chi connectivity index (χ3n) is 1.30. The fourth-order valence-electron chi connectivity index (χ4n) is 0.785. The van der Waals surface area contributed by atoms with Gasteiger partial charge in [-0.15, -0.1) is 0 Å². The van der Waals surface area contributed by atoms with Crippen LogP contribution in [0.4, 0.5) is 0 Å². The molecule has 0 fully saturated rings. The van der Waals surface area contributed by atoms with E-state index in [0.29, 0.717) is 8.81 Å². The molecule has 0 saturated carbocycles. The summed E-state index contributed by atoms with van der Waals surface area (Å²) < 4.78 is 5.22. The zero-order chi connectivity index (χ0) is 7.23. The number of aromatic nitrogens is 1. The van der Waals surface area contributed by atoms with Crippen molar-refractivity contribution in [2.45, 2.75) is 6.42 Å². The van der Waals surface area contributed by atoms with Crippen LogP contribution in [-0.4, -0.2) is 18.3 Å². The fraction of sp³-hybridized carbons (Fsp3) is 0.429. The minimum Gasteiger partial charge on any atom is -0.367 e. The normalized spacial score (nSPS) is 11.3. The molecule has 56 valence electrons. The van der Waals surface area contributed by atoms with E-state index in [1.807, 2.05) is 19.1 Å². The average Bonchev–Trinajstić information content (AvgIpc) is 2.41. The van der Waals surface area contributed by atoms with Gasteiger partial charge in [0.1, 0.15) is 0 Å². The van der Waals surface area contributed by atoms with E-state index in [1.165, 1.54) is 5.56 Å². The Hall–Kier alpha value is -0.330. The van der Waals surface area contributed by atoms with Crippen LogP contribution in [0.25, 0.3) is 0 Å². The molecule has 0 bridgehead atoms. The van der Waals surface area contributed by atoms with Crippen molar-refractivity contribution >= 4 is 8.81 Å². The third-order valence-corrected chi connectivity index (χ3v) is 1.79. The van der Waals surface area contributed by atoms with Crippen molar-refractivity contribution in [3.05, 3.63) is 24.0 Å². The van der Waals surface area contributed by atoms with Crippen molar-refractivity contribution in [3.63, 3.8) is 0 Å². The minimum atomic E-state index is 0.609. The van der Waals surface area contributed by atoms with Crippen molar-refractivity contribution in [1.29, 1.82) is 0 Å². The second-order valence-electron chi connectivity index (χ2n) is 2.02. The predicted molar refractivity (Wildman–Crippen MR) is 44.7 cm³/mol. The van der Waals surface area contributed by atoms with Crippen molar-refractivity contribution in [3.8, 4) is 0 Å². The molecule has 10 heavy (non-hydrogen) atoms. The molecule has 1 unspecified atom stereocenters. The highest BCUT2D eigenvalue weighted by Crippen LogP contribution is 2.05. The first-order valence-corrected chi connectivity index (χ1v) is 4.74. The fourth-order valence-corrected chi connectivity index (χ4v) is 1.09. The lowest BCUT2D eigenvalue weighted by molar-refractivity contribution is 0.370. The summed E-state index contributed by atoms with van der Waals surface area (Å²) in [6.45, 7) is 2.88. The molecule has 3 heteroatoms. The second kappa shape index (κ2) is 4.48. The van der Waals surface area contributed by atoms with Crippen LogP contribution in [0.5, 0.6) is 0 Å². The topological polar surface area (TPSA) is 25.0 Å². The Balaban J connectivity index is 2.15. The Morgan fingerprint density at radius 3 is 3.20 bits per heavy atom. The largest absolute Gasteiger partial charge is 0.367 e. The van der Waals surface area contributed by atoms with E-state index in [1.54, 1.807) is 0 Å². The van der Waals surface area contributed by atoms with Gasteiger partial charge in [-0.2, -0.15) is 0 Å². The van der Waals surface area contributed by atoms with Crippen LogP contribution >= 0.6 is 8.81 Å². The number of hydrogen-bond donors (Lipinski definition) is 1. The van der Waals surface area contributed by atoms with Gasteiger partial charge in [0.2, 0.25) is 0 Å². The first kappa shape index (κ1) is 7.77. The summed E-state index contributed by atoms with van der Waals surface area (Å²) in [6.07, 6.45) is 4.95. The average molecular weight is 157 g/mol. The van der Waals surface area contributed by atoms with Gasteiger partial charge >= 0.3 is 0 Å². The molecule has 0 aliphatic heterocycles. The van der Waals surface area contributed by atoms with Gasteiger partial charge in [-0.3, -0.25) is 0 Å². The lowest BCUT2D eigenvalue weighted by Crippen LogP contribution is -1.89. The first-order chi connectivity index (χ1) is 4.93. The van der Waals surface area contributed by atoms with Gasteiger partial charge in [0.25, 0.3) is 0 Å². The molecule has 2 nitrogen and oxygen atoms in total. The second-order valence-corrected chi connectivity index (χ2v) is 2.72. The van der Waals surface area contributed by atoms with Crippen LogP contribution in [0.15, 0.2) is 18.5 Å². The maximum absolute atomic E-state index is 5.22. The highest BCUT2D eigenvalue weighted by atomic mass is 31.1. The number of rotatable bonds is 4. The van der Waals surface area contributed by atoms with E-state index in [0.717, 1.165) is 13.0 Å². The molecule has 0 aliphatic rings. The van der Waals surface area contributed by atoms with Gasteiger partial charge in [-0.25, -0.2) is 0 Å². The van der Waals surface area contributed by atoms with Gasteiger partial charge in [0.05, 0.1) is 6.61 Å². The molecule has 1 atom stereocenters. The summed E-state index contributed by atoms with van der Waals surface area (Å²) in [5, 5.41) is 0. The SMILES string of the molecule is CPOCCc1cc[nH]c1. The predicted octanol–water partition coefficient (Wildman–Crippen LogP) is 1.80. The summed E-state index contributed by atoms with van der Waals surface area (Å²) in [6, 6.07) is 2.07. The number of hydrogen-bond acceptors (Lipinski definition) is 1. The van der Waals surface area contributed by atoms with Crippen LogP contribution in [0.3, 0.4) is 0 Å².